The molecule has 1 rings (SSSR count). The quantitative estimate of drug-likeness (QED) is 0.698. The number of hydrogen-bond donors (Lipinski definition) is 2. The first-order valence-electron chi connectivity index (χ1n) is 5.46. The maximum absolute atomic E-state index is 5.89. The summed E-state index contributed by atoms with van der Waals surface area (Å²) in [7, 11) is 0. The van der Waals surface area contributed by atoms with Gasteiger partial charge in [0.25, 0.3) is 0 Å². The van der Waals surface area contributed by atoms with Gasteiger partial charge in [-0.25, -0.2) is 4.98 Å². The molecule has 1 aromatic rings. The molecule has 0 aliphatic carbocycles. The summed E-state index contributed by atoms with van der Waals surface area (Å²) in [6.45, 7) is 6.20. The SMILES string of the molecule is CC(C)(N)CCCNCCc1nccs1. The molecule has 0 spiro atoms. The number of aromatic nitrogens is 1. The fourth-order valence-corrected chi connectivity index (χ4v) is 1.99. The molecule has 0 radical (unpaired) electrons. The van der Waals surface area contributed by atoms with Crippen LogP contribution in [0.3, 0.4) is 0 Å². The largest absolute Gasteiger partial charge is 0.326 e. The van der Waals surface area contributed by atoms with Gasteiger partial charge in [-0.1, -0.05) is 0 Å². The molecule has 4 heteroatoms. The molecule has 1 heterocycles. The Morgan fingerprint density at radius 2 is 2.27 bits per heavy atom. The zero-order valence-electron chi connectivity index (χ0n) is 9.62. The smallest absolute Gasteiger partial charge is 0.0937 e. The first-order valence-corrected chi connectivity index (χ1v) is 6.34. The molecule has 0 amide bonds. The summed E-state index contributed by atoms with van der Waals surface area (Å²) in [6, 6.07) is 0. The summed E-state index contributed by atoms with van der Waals surface area (Å²) in [5.41, 5.74) is 5.86. The van der Waals surface area contributed by atoms with Gasteiger partial charge in [0.1, 0.15) is 0 Å². The zero-order chi connectivity index (χ0) is 11.1. The van der Waals surface area contributed by atoms with Gasteiger partial charge in [0.15, 0.2) is 0 Å². The summed E-state index contributed by atoms with van der Waals surface area (Å²) in [6.07, 6.45) is 5.10. The molecular weight excluding hydrogens is 206 g/mol. The third-order valence-electron chi connectivity index (χ3n) is 2.17. The predicted molar refractivity (Wildman–Crippen MR) is 66.2 cm³/mol. The van der Waals surface area contributed by atoms with E-state index in [9.17, 15) is 0 Å². The Hall–Kier alpha value is -0.450. The van der Waals surface area contributed by atoms with E-state index in [1.165, 1.54) is 5.01 Å². The highest BCUT2D eigenvalue weighted by molar-refractivity contribution is 7.09. The van der Waals surface area contributed by atoms with Crippen molar-refractivity contribution in [1.82, 2.24) is 10.3 Å². The molecule has 1 aromatic heterocycles. The molecule has 3 nitrogen and oxygen atoms in total. The first kappa shape index (κ1) is 12.6. The van der Waals surface area contributed by atoms with Crippen molar-refractivity contribution < 1.29 is 0 Å². The van der Waals surface area contributed by atoms with Crippen molar-refractivity contribution in [3.8, 4) is 0 Å². The number of nitrogens with zero attached hydrogens (tertiary/aromatic N) is 1. The van der Waals surface area contributed by atoms with Crippen molar-refractivity contribution in [3.05, 3.63) is 16.6 Å². The molecule has 86 valence electrons. The third kappa shape index (κ3) is 6.60. The van der Waals surface area contributed by atoms with Crippen LogP contribution in [0.1, 0.15) is 31.7 Å². The minimum absolute atomic E-state index is 0.0308. The Balaban J connectivity index is 1.94. The monoisotopic (exact) mass is 227 g/mol. The third-order valence-corrected chi connectivity index (χ3v) is 3.01. The fraction of sp³-hybridized carbons (Fsp3) is 0.727. The molecule has 0 unspecified atom stereocenters. The number of nitrogens with two attached hydrogens (primary N) is 1. The van der Waals surface area contributed by atoms with Gasteiger partial charge >= 0.3 is 0 Å². The molecule has 0 aromatic carbocycles. The first-order chi connectivity index (χ1) is 7.08. The van der Waals surface area contributed by atoms with Crippen LogP contribution in [0.15, 0.2) is 11.6 Å². The molecule has 15 heavy (non-hydrogen) atoms. The second kappa shape index (κ2) is 6.20. The maximum Gasteiger partial charge on any atom is 0.0937 e. The van der Waals surface area contributed by atoms with Crippen molar-refractivity contribution in [2.75, 3.05) is 13.1 Å². The van der Waals surface area contributed by atoms with Crippen LogP contribution in [0.4, 0.5) is 0 Å². The van der Waals surface area contributed by atoms with E-state index in [0.717, 1.165) is 32.4 Å². The summed E-state index contributed by atoms with van der Waals surface area (Å²) in [5, 5.41) is 6.64. The van der Waals surface area contributed by atoms with Crippen molar-refractivity contribution in [2.45, 2.75) is 38.6 Å². The molecule has 0 fully saturated rings. The van der Waals surface area contributed by atoms with Gasteiger partial charge in [-0.05, 0) is 33.2 Å². The number of rotatable bonds is 7. The minimum atomic E-state index is -0.0308. The van der Waals surface area contributed by atoms with E-state index in [-0.39, 0.29) is 5.54 Å². The average Bonchev–Trinajstić information content (AvgIpc) is 2.61. The normalized spacial score (nSPS) is 11.9. The van der Waals surface area contributed by atoms with Crippen LogP contribution in [-0.2, 0) is 6.42 Å². The van der Waals surface area contributed by atoms with Crippen molar-refractivity contribution in [2.24, 2.45) is 5.73 Å². The van der Waals surface area contributed by atoms with Gasteiger partial charge in [-0.3, -0.25) is 0 Å². The van der Waals surface area contributed by atoms with Crippen LogP contribution in [0, 0.1) is 0 Å². The standard InChI is InChI=1S/C11H21N3S/c1-11(2,12)5-3-6-13-7-4-10-14-8-9-15-10/h8-9,13H,3-7,12H2,1-2H3. The van der Waals surface area contributed by atoms with Crippen LogP contribution in [0.2, 0.25) is 0 Å². The number of nitrogens with one attached hydrogen (secondary N) is 1. The second-order valence-corrected chi connectivity index (χ2v) is 5.50. The van der Waals surface area contributed by atoms with Crippen LogP contribution < -0.4 is 11.1 Å². The van der Waals surface area contributed by atoms with E-state index in [1.54, 1.807) is 11.3 Å². The number of hydrogen-bond acceptors (Lipinski definition) is 4. The molecule has 0 aliphatic heterocycles. The van der Waals surface area contributed by atoms with Crippen LogP contribution in [0.5, 0.6) is 0 Å². The Morgan fingerprint density at radius 1 is 1.47 bits per heavy atom. The van der Waals surface area contributed by atoms with E-state index >= 15 is 0 Å². The number of thiazole rings is 1. The Kier molecular flexibility index (Phi) is 5.22. The lowest BCUT2D eigenvalue weighted by Gasteiger charge is -2.17. The van der Waals surface area contributed by atoms with Crippen molar-refractivity contribution in [3.63, 3.8) is 0 Å². The molecule has 0 aliphatic rings. The Morgan fingerprint density at radius 3 is 2.87 bits per heavy atom. The average molecular weight is 227 g/mol. The summed E-state index contributed by atoms with van der Waals surface area (Å²) >= 11 is 1.72. The zero-order valence-corrected chi connectivity index (χ0v) is 10.4. The van der Waals surface area contributed by atoms with Gasteiger partial charge < -0.3 is 11.1 Å². The van der Waals surface area contributed by atoms with Gasteiger partial charge in [0.05, 0.1) is 5.01 Å². The van der Waals surface area contributed by atoms with Gasteiger partial charge in [0.2, 0.25) is 0 Å². The lowest BCUT2D eigenvalue weighted by molar-refractivity contribution is 0.449. The molecule has 3 N–H and O–H groups in total. The Bertz CT molecular complexity index is 251. The van der Waals surface area contributed by atoms with E-state index < -0.39 is 0 Å². The lowest BCUT2D eigenvalue weighted by atomic mass is 10.0. The summed E-state index contributed by atoms with van der Waals surface area (Å²) < 4.78 is 0. The molecule has 0 saturated carbocycles. The molecule has 0 saturated heterocycles. The molecular formula is C11H21N3S. The van der Waals surface area contributed by atoms with E-state index in [1.807, 2.05) is 11.6 Å². The second-order valence-electron chi connectivity index (χ2n) is 4.52. The highest BCUT2D eigenvalue weighted by Crippen LogP contribution is 2.06. The molecule has 0 atom stereocenters. The van der Waals surface area contributed by atoms with Gasteiger partial charge in [0, 0.05) is 30.1 Å². The van der Waals surface area contributed by atoms with Crippen LogP contribution in [-0.4, -0.2) is 23.6 Å². The maximum atomic E-state index is 5.89. The highest BCUT2D eigenvalue weighted by atomic mass is 32.1. The van der Waals surface area contributed by atoms with Crippen molar-refractivity contribution >= 4 is 11.3 Å². The van der Waals surface area contributed by atoms with Crippen LogP contribution in [0.25, 0.3) is 0 Å². The molecule has 0 bridgehead atoms. The minimum Gasteiger partial charge on any atom is -0.326 e. The van der Waals surface area contributed by atoms with Gasteiger partial charge in [-0.15, -0.1) is 11.3 Å². The van der Waals surface area contributed by atoms with Crippen molar-refractivity contribution in [1.29, 1.82) is 0 Å². The van der Waals surface area contributed by atoms with Crippen LogP contribution >= 0.6 is 11.3 Å². The van der Waals surface area contributed by atoms with E-state index in [2.05, 4.69) is 24.1 Å². The predicted octanol–water partition coefficient (Wildman–Crippen LogP) is 1.79. The Labute approximate surface area is 96.1 Å². The van der Waals surface area contributed by atoms with E-state index in [4.69, 9.17) is 5.73 Å². The summed E-state index contributed by atoms with van der Waals surface area (Å²) in [5.74, 6) is 0. The van der Waals surface area contributed by atoms with Gasteiger partial charge in [-0.2, -0.15) is 0 Å². The lowest BCUT2D eigenvalue weighted by Crippen LogP contribution is -2.33. The summed E-state index contributed by atoms with van der Waals surface area (Å²) in [4.78, 5) is 4.23. The topological polar surface area (TPSA) is 50.9 Å². The van der Waals surface area contributed by atoms with E-state index in [0.29, 0.717) is 0 Å². The highest BCUT2D eigenvalue weighted by Gasteiger charge is 2.08. The fourth-order valence-electron chi connectivity index (χ4n) is 1.37.